The molecular formula is C13H16FNO2S. The first-order chi connectivity index (χ1) is 8.57. The number of halogens is 1. The Morgan fingerprint density at radius 1 is 1.11 bits per heavy atom. The molecule has 2 fully saturated rings. The average molecular weight is 269 g/mol. The lowest BCUT2D eigenvalue weighted by Gasteiger charge is -2.47. The summed E-state index contributed by atoms with van der Waals surface area (Å²) in [6.07, 6.45) is 3.66. The first-order valence-electron chi connectivity index (χ1n) is 6.31. The predicted octanol–water partition coefficient (Wildman–Crippen LogP) is 1.84. The van der Waals surface area contributed by atoms with Crippen LogP contribution in [0.15, 0.2) is 29.2 Å². The van der Waals surface area contributed by atoms with Crippen LogP contribution in [0.5, 0.6) is 0 Å². The summed E-state index contributed by atoms with van der Waals surface area (Å²) in [5.74, 6) is -0.404. The summed E-state index contributed by atoms with van der Waals surface area (Å²) in [5.41, 5.74) is 0. The Balaban J connectivity index is 1.70. The largest absolute Gasteiger partial charge is 0.298 e. The molecule has 1 aromatic rings. The molecule has 0 amide bonds. The van der Waals surface area contributed by atoms with Gasteiger partial charge in [0.25, 0.3) is 0 Å². The van der Waals surface area contributed by atoms with Gasteiger partial charge in [-0.1, -0.05) is 6.42 Å². The molecule has 0 bridgehead atoms. The summed E-state index contributed by atoms with van der Waals surface area (Å²) in [4.78, 5) is 2.48. The minimum absolute atomic E-state index is 0.238. The molecule has 1 aliphatic carbocycles. The number of nitrogens with zero attached hydrogens (tertiary/aromatic N) is 1. The van der Waals surface area contributed by atoms with E-state index in [9.17, 15) is 12.8 Å². The van der Waals surface area contributed by atoms with Gasteiger partial charge in [-0.25, -0.2) is 12.8 Å². The van der Waals surface area contributed by atoms with E-state index in [0.29, 0.717) is 19.1 Å². The van der Waals surface area contributed by atoms with Crippen molar-refractivity contribution in [1.82, 2.24) is 4.90 Å². The SMILES string of the molecule is O=S(=O)(c1ccc(F)cc1)C1CN(C2CCC2)C1. The van der Waals surface area contributed by atoms with Gasteiger partial charge in [-0.05, 0) is 37.1 Å². The molecule has 5 heteroatoms. The number of hydrogen-bond acceptors (Lipinski definition) is 3. The molecule has 98 valence electrons. The van der Waals surface area contributed by atoms with E-state index < -0.39 is 15.7 Å². The highest BCUT2D eigenvalue weighted by Gasteiger charge is 2.42. The van der Waals surface area contributed by atoms with E-state index in [2.05, 4.69) is 4.90 Å². The average Bonchev–Trinajstić information content (AvgIpc) is 2.20. The molecule has 1 saturated carbocycles. The van der Waals surface area contributed by atoms with Gasteiger partial charge in [0, 0.05) is 19.1 Å². The van der Waals surface area contributed by atoms with Gasteiger partial charge in [0.2, 0.25) is 0 Å². The Morgan fingerprint density at radius 3 is 2.22 bits per heavy atom. The van der Waals surface area contributed by atoms with E-state index in [1.807, 2.05) is 0 Å². The van der Waals surface area contributed by atoms with Crippen LogP contribution in [0.1, 0.15) is 19.3 Å². The van der Waals surface area contributed by atoms with Gasteiger partial charge in [0.1, 0.15) is 5.82 Å². The van der Waals surface area contributed by atoms with Crippen molar-refractivity contribution < 1.29 is 12.8 Å². The van der Waals surface area contributed by atoms with Crippen LogP contribution in [0.2, 0.25) is 0 Å². The van der Waals surface area contributed by atoms with Gasteiger partial charge in [-0.15, -0.1) is 0 Å². The normalized spacial score (nSPS) is 22.5. The molecule has 1 aliphatic heterocycles. The zero-order valence-electron chi connectivity index (χ0n) is 10.0. The highest BCUT2D eigenvalue weighted by atomic mass is 32.2. The van der Waals surface area contributed by atoms with E-state index in [1.165, 1.54) is 43.5 Å². The van der Waals surface area contributed by atoms with E-state index in [0.717, 1.165) is 0 Å². The highest BCUT2D eigenvalue weighted by molar-refractivity contribution is 7.92. The van der Waals surface area contributed by atoms with Gasteiger partial charge in [-0.3, -0.25) is 4.90 Å². The van der Waals surface area contributed by atoms with Crippen LogP contribution in [0, 0.1) is 5.82 Å². The van der Waals surface area contributed by atoms with Crippen molar-refractivity contribution in [2.75, 3.05) is 13.1 Å². The second-order valence-electron chi connectivity index (χ2n) is 5.16. The zero-order chi connectivity index (χ0) is 12.8. The fourth-order valence-electron chi connectivity index (χ4n) is 2.53. The summed E-state index contributed by atoms with van der Waals surface area (Å²) < 4.78 is 37.3. The minimum Gasteiger partial charge on any atom is -0.298 e. The highest BCUT2D eigenvalue weighted by Crippen LogP contribution is 2.32. The first-order valence-corrected chi connectivity index (χ1v) is 7.85. The zero-order valence-corrected chi connectivity index (χ0v) is 10.9. The van der Waals surface area contributed by atoms with Gasteiger partial charge >= 0.3 is 0 Å². The summed E-state index contributed by atoms with van der Waals surface area (Å²) >= 11 is 0. The molecule has 1 saturated heterocycles. The van der Waals surface area contributed by atoms with Crippen molar-refractivity contribution in [2.24, 2.45) is 0 Å². The van der Waals surface area contributed by atoms with Crippen molar-refractivity contribution >= 4 is 9.84 Å². The van der Waals surface area contributed by atoms with Crippen molar-refractivity contribution in [2.45, 2.75) is 35.4 Å². The van der Waals surface area contributed by atoms with Gasteiger partial charge in [0.05, 0.1) is 10.1 Å². The third-order valence-corrected chi connectivity index (χ3v) is 6.15. The number of sulfone groups is 1. The van der Waals surface area contributed by atoms with Crippen LogP contribution in [0.3, 0.4) is 0 Å². The Morgan fingerprint density at radius 2 is 1.72 bits per heavy atom. The number of benzene rings is 1. The molecule has 0 aromatic heterocycles. The Labute approximate surface area is 107 Å². The van der Waals surface area contributed by atoms with Crippen LogP contribution in [0.25, 0.3) is 0 Å². The maximum atomic E-state index is 12.8. The van der Waals surface area contributed by atoms with Gasteiger partial charge < -0.3 is 0 Å². The third-order valence-electron chi connectivity index (χ3n) is 4.05. The van der Waals surface area contributed by atoms with Crippen LogP contribution in [0.4, 0.5) is 4.39 Å². The van der Waals surface area contributed by atoms with E-state index in [1.54, 1.807) is 0 Å². The van der Waals surface area contributed by atoms with Gasteiger partial charge in [-0.2, -0.15) is 0 Å². The monoisotopic (exact) mass is 269 g/mol. The Bertz CT molecular complexity index is 531. The Kier molecular flexibility index (Phi) is 2.90. The van der Waals surface area contributed by atoms with Crippen molar-refractivity contribution in [1.29, 1.82) is 0 Å². The van der Waals surface area contributed by atoms with Crippen LogP contribution >= 0.6 is 0 Å². The molecule has 0 spiro atoms. The molecule has 0 atom stereocenters. The number of rotatable bonds is 3. The van der Waals surface area contributed by atoms with Crippen LogP contribution in [-0.4, -0.2) is 37.7 Å². The molecule has 1 aromatic carbocycles. The molecule has 18 heavy (non-hydrogen) atoms. The van der Waals surface area contributed by atoms with E-state index in [4.69, 9.17) is 0 Å². The molecule has 3 rings (SSSR count). The third kappa shape index (κ3) is 1.95. The molecule has 1 heterocycles. The fourth-order valence-corrected chi connectivity index (χ4v) is 4.21. The topological polar surface area (TPSA) is 37.4 Å². The van der Waals surface area contributed by atoms with Crippen LogP contribution in [-0.2, 0) is 9.84 Å². The molecule has 0 unspecified atom stereocenters. The quantitative estimate of drug-likeness (QED) is 0.786. The van der Waals surface area contributed by atoms with Crippen LogP contribution < -0.4 is 0 Å². The summed E-state index contributed by atoms with van der Waals surface area (Å²) in [5, 5.41) is -0.316. The second-order valence-corrected chi connectivity index (χ2v) is 7.39. The maximum Gasteiger partial charge on any atom is 0.183 e. The lowest BCUT2D eigenvalue weighted by atomic mass is 9.89. The number of hydrogen-bond donors (Lipinski definition) is 0. The Hall–Kier alpha value is -0.940. The standard InChI is InChI=1S/C13H16FNO2S/c14-10-4-6-12(7-5-10)18(16,17)13-8-15(9-13)11-2-1-3-11/h4-7,11,13H,1-3,8-9H2. The first kappa shape index (κ1) is 12.1. The number of likely N-dealkylation sites (tertiary alicyclic amines) is 1. The molecule has 0 N–H and O–H groups in total. The smallest absolute Gasteiger partial charge is 0.183 e. The molecule has 3 nitrogen and oxygen atoms in total. The van der Waals surface area contributed by atoms with E-state index in [-0.39, 0.29) is 10.1 Å². The second kappa shape index (κ2) is 4.31. The predicted molar refractivity (Wildman–Crippen MR) is 66.6 cm³/mol. The van der Waals surface area contributed by atoms with Crippen molar-refractivity contribution in [3.8, 4) is 0 Å². The summed E-state index contributed by atoms with van der Waals surface area (Å²) in [6, 6.07) is 5.72. The van der Waals surface area contributed by atoms with Crippen molar-refractivity contribution in [3.63, 3.8) is 0 Å². The molecular weight excluding hydrogens is 253 g/mol. The summed E-state index contributed by atoms with van der Waals surface area (Å²) in [6.45, 7) is 1.26. The lowest BCUT2D eigenvalue weighted by Crippen LogP contribution is -2.59. The minimum atomic E-state index is -3.28. The van der Waals surface area contributed by atoms with Gasteiger partial charge in [0.15, 0.2) is 9.84 Å². The molecule has 2 aliphatic rings. The maximum absolute atomic E-state index is 12.8. The molecule has 0 radical (unpaired) electrons. The fraction of sp³-hybridized carbons (Fsp3) is 0.538. The summed E-state index contributed by atoms with van der Waals surface area (Å²) in [7, 11) is -3.28. The lowest BCUT2D eigenvalue weighted by molar-refractivity contribution is 0.0706. The van der Waals surface area contributed by atoms with E-state index >= 15 is 0 Å². The van der Waals surface area contributed by atoms with Crippen molar-refractivity contribution in [3.05, 3.63) is 30.1 Å².